The van der Waals surface area contributed by atoms with Gasteiger partial charge in [-0.1, -0.05) is 19.1 Å². The highest BCUT2D eigenvalue weighted by atomic mass is 32.1. The highest BCUT2D eigenvalue weighted by Crippen LogP contribution is 2.20. The van der Waals surface area contributed by atoms with E-state index in [4.69, 9.17) is 17.0 Å². The molecular formula is C13H21N3OS. The van der Waals surface area contributed by atoms with E-state index in [2.05, 4.69) is 21.8 Å². The summed E-state index contributed by atoms with van der Waals surface area (Å²) in [4.78, 5) is 10.2. The maximum absolute atomic E-state index is 5.81. The van der Waals surface area contributed by atoms with Gasteiger partial charge in [0.2, 0.25) is 0 Å². The average Bonchev–Trinajstić information content (AvgIpc) is 2.36. The number of rotatable bonds is 3. The fraction of sp³-hybridized carbons (Fsp3) is 0.692. The average molecular weight is 267 g/mol. The predicted molar refractivity (Wildman–Crippen MR) is 74.3 cm³/mol. The lowest BCUT2D eigenvalue weighted by atomic mass is 10.2. The number of aromatic nitrogens is 2. The molecule has 18 heavy (non-hydrogen) atoms. The van der Waals surface area contributed by atoms with Crippen molar-refractivity contribution < 1.29 is 4.74 Å². The molecule has 1 saturated heterocycles. The van der Waals surface area contributed by atoms with E-state index in [1.165, 1.54) is 6.42 Å². The van der Waals surface area contributed by atoms with Crippen LogP contribution < -0.4 is 0 Å². The Morgan fingerprint density at radius 1 is 1.50 bits per heavy atom. The molecule has 0 radical (unpaired) electrons. The summed E-state index contributed by atoms with van der Waals surface area (Å²) >= 11 is 5.28. The molecule has 1 aromatic heterocycles. The number of morpholine rings is 1. The maximum atomic E-state index is 5.81. The minimum absolute atomic E-state index is 0.0197. The molecule has 0 spiro atoms. The molecule has 0 amide bonds. The van der Waals surface area contributed by atoms with Crippen LogP contribution >= 0.6 is 12.2 Å². The van der Waals surface area contributed by atoms with Crippen molar-refractivity contribution in [2.24, 2.45) is 0 Å². The summed E-state index contributed by atoms with van der Waals surface area (Å²) < 4.78 is 6.49. The molecule has 4 nitrogen and oxygen atoms in total. The Balaban J connectivity index is 2.18. The SMILES string of the molecule is CCCN1CCOC(c2nc(=S)c(C)c(C)[nH]2)C1. The van der Waals surface area contributed by atoms with E-state index in [-0.39, 0.29) is 6.10 Å². The van der Waals surface area contributed by atoms with Crippen LogP contribution in [0, 0.1) is 18.5 Å². The molecule has 0 bridgehead atoms. The van der Waals surface area contributed by atoms with Crippen LogP contribution in [0.2, 0.25) is 0 Å². The molecule has 1 unspecified atom stereocenters. The Morgan fingerprint density at radius 2 is 2.28 bits per heavy atom. The quantitative estimate of drug-likeness (QED) is 0.855. The molecule has 100 valence electrons. The van der Waals surface area contributed by atoms with Gasteiger partial charge >= 0.3 is 0 Å². The number of nitrogens with zero attached hydrogens (tertiary/aromatic N) is 2. The molecule has 1 aliphatic heterocycles. The first-order chi connectivity index (χ1) is 8.61. The first-order valence-electron chi connectivity index (χ1n) is 6.53. The van der Waals surface area contributed by atoms with Gasteiger partial charge in [0.15, 0.2) is 0 Å². The predicted octanol–water partition coefficient (Wildman–Crippen LogP) is 2.54. The number of nitrogens with one attached hydrogen (secondary N) is 1. The normalized spacial score (nSPS) is 21.2. The third-order valence-corrected chi connectivity index (χ3v) is 3.81. The standard InChI is InChI=1S/C13H21N3OS/c1-4-5-16-6-7-17-11(8-16)12-14-10(3)9(2)13(18)15-12/h11H,4-8H2,1-3H3,(H,14,15,18). The summed E-state index contributed by atoms with van der Waals surface area (Å²) in [5, 5.41) is 0. The van der Waals surface area contributed by atoms with Crippen LogP contribution in [0.15, 0.2) is 0 Å². The van der Waals surface area contributed by atoms with Crippen LogP contribution in [-0.4, -0.2) is 41.1 Å². The van der Waals surface area contributed by atoms with Crippen molar-refractivity contribution in [3.63, 3.8) is 0 Å². The molecular weight excluding hydrogens is 246 g/mol. The van der Waals surface area contributed by atoms with Crippen molar-refractivity contribution >= 4 is 12.2 Å². The molecule has 0 aliphatic carbocycles. The van der Waals surface area contributed by atoms with Crippen LogP contribution in [0.5, 0.6) is 0 Å². The number of ether oxygens (including phenoxy) is 1. The highest BCUT2D eigenvalue weighted by molar-refractivity contribution is 7.71. The molecule has 1 fully saturated rings. The van der Waals surface area contributed by atoms with Gasteiger partial charge in [0, 0.05) is 24.3 Å². The highest BCUT2D eigenvalue weighted by Gasteiger charge is 2.23. The van der Waals surface area contributed by atoms with Crippen LogP contribution in [0.1, 0.15) is 36.5 Å². The zero-order valence-corrected chi connectivity index (χ0v) is 12.1. The van der Waals surface area contributed by atoms with Crippen molar-refractivity contribution in [3.05, 3.63) is 21.7 Å². The minimum Gasteiger partial charge on any atom is -0.368 e. The van der Waals surface area contributed by atoms with Gasteiger partial charge < -0.3 is 9.72 Å². The van der Waals surface area contributed by atoms with Crippen LogP contribution in [0.25, 0.3) is 0 Å². The van der Waals surface area contributed by atoms with Gasteiger partial charge in [0.1, 0.15) is 16.6 Å². The van der Waals surface area contributed by atoms with Gasteiger partial charge in [-0.3, -0.25) is 4.90 Å². The lowest BCUT2D eigenvalue weighted by Crippen LogP contribution is -2.39. The second kappa shape index (κ2) is 5.91. The summed E-state index contributed by atoms with van der Waals surface area (Å²) in [6.45, 7) is 10.0. The second-order valence-electron chi connectivity index (χ2n) is 4.84. The Hall–Kier alpha value is -0.780. The fourth-order valence-corrected chi connectivity index (χ4v) is 2.46. The molecule has 0 saturated carbocycles. The number of hydrogen-bond donors (Lipinski definition) is 1. The molecule has 5 heteroatoms. The molecule has 2 heterocycles. The number of aromatic amines is 1. The Kier molecular flexibility index (Phi) is 4.48. The Morgan fingerprint density at radius 3 is 2.94 bits per heavy atom. The van der Waals surface area contributed by atoms with Gasteiger partial charge in [-0.05, 0) is 26.8 Å². The summed E-state index contributed by atoms with van der Waals surface area (Å²) in [7, 11) is 0. The number of H-pyrrole nitrogens is 1. The van der Waals surface area contributed by atoms with Crippen LogP contribution in [-0.2, 0) is 4.74 Å². The van der Waals surface area contributed by atoms with E-state index in [9.17, 15) is 0 Å². The first-order valence-corrected chi connectivity index (χ1v) is 6.94. The third-order valence-electron chi connectivity index (χ3n) is 3.42. The molecule has 1 N–H and O–H groups in total. The van der Waals surface area contributed by atoms with Gasteiger partial charge in [-0.2, -0.15) is 0 Å². The molecule has 1 aliphatic rings. The molecule has 1 atom stereocenters. The van der Waals surface area contributed by atoms with Crippen molar-refractivity contribution in [3.8, 4) is 0 Å². The lowest BCUT2D eigenvalue weighted by Gasteiger charge is -2.32. The van der Waals surface area contributed by atoms with Gasteiger partial charge in [-0.25, -0.2) is 4.98 Å². The number of hydrogen-bond acceptors (Lipinski definition) is 4. The fourth-order valence-electron chi connectivity index (χ4n) is 2.21. The Bertz CT molecular complexity index is 470. The van der Waals surface area contributed by atoms with Crippen LogP contribution in [0.4, 0.5) is 0 Å². The topological polar surface area (TPSA) is 41.1 Å². The monoisotopic (exact) mass is 267 g/mol. The van der Waals surface area contributed by atoms with Crippen LogP contribution in [0.3, 0.4) is 0 Å². The van der Waals surface area contributed by atoms with Gasteiger partial charge in [0.05, 0.1) is 6.61 Å². The zero-order chi connectivity index (χ0) is 13.1. The van der Waals surface area contributed by atoms with E-state index >= 15 is 0 Å². The van der Waals surface area contributed by atoms with Gasteiger partial charge in [-0.15, -0.1) is 0 Å². The number of aryl methyl sites for hydroxylation is 1. The van der Waals surface area contributed by atoms with Crippen molar-refractivity contribution in [2.75, 3.05) is 26.2 Å². The van der Waals surface area contributed by atoms with Crippen molar-refractivity contribution in [2.45, 2.75) is 33.3 Å². The van der Waals surface area contributed by atoms with Crippen molar-refractivity contribution in [1.82, 2.24) is 14.9 Å². The Labute approximate surface area is 113 Å². The smallest absolute Gasteiger partial charge is 0.138 e. The molecule has 0 aromatic carbocycles. The van der Waals surface area contributed by atoms with E-state index < -0.39 is 0 Å². The molecule has 1 aromatic rings. The summed E-state index contributed by atoms with van der Waals surface area (Å²) in [6.07, 6.45) is 1.19. The molecule has 2 rings (SSSR count). The summed E-state index contributed by atoms with van der Waals surface area (Å²) in [6, 6.07) is 0. The zero-order valence-electron chi connectivity index (χ0n) is 11.3. The third kappa shape index (κ3) is 2.96. The van der Waals surface area contributed by atoms with Gasteiger partial charge in [0.25, 0.3) is 0 Å². The summed E-state index contributed by atoms with van der Waals surface area (Å²) in [5.74, 6) is 0.865. The minimum atomic E-state index is 0.0197. The van der Waals surface area contributed by atoms with E-state index in [1.807, 2.05) is 13.8 Å². The summed E-state index contributed by atoms with van der Waals surface area (Å²) in [5.41, 5.74) is 2.14. The second-order valence-corrected chi connectivity index (χ2v) is 5.22. The first kappa shape index (κ1) is 13.6. The van der Waals surface area contributed by atoms with Crippen molar-refractivity contribution in [1.29, 1.82) is 0 Å². The van der Waals surface area contributed by atoms with E-state index in [0.29, 0.717) is 4.64 Å². The maximum Gasteiger partial charge on any atom is 0.138 e. The largest absolute Gasteiger partial charge is 0.368 e. The van der Waals surface area contributed by atoms with E-state index in [1.54, 1.807) is 0 Å². The lowest BCUT2D eigenvalue weighted by molar-refractivity contribution is -0.0343. The van der Waals surface area contributed by atoms with E-state index in [0.717, 1.165) is 43.3 Å².